The van der Waals surface area contributed by atoms with Crippen LogP contribution in [-0.4, -0.2) is 26.3 Å². The molecule has 0 aromatic rings. The summed E-state index contributed by atoms with van der Waals surface area (Å²) >= 11 is 0. The van der Waals surface area contributed by atoms with Gasteiger partial charge in [0.25, 0.3) is 0 Å². The molecule has 0 heterocycles. The van der Waals surface area contributed by atoms with Gasteiger partial charge in [0, 0.05) is 13.2 Å². The first kappa shape index (κ1) is 11.9. The van der Waals surface area contributed by atoms with Crippen molar-refractivity contribution in [2.75, 3.05) is 14.2 Å². The van der Waals surface area contributed by atoms with E-state index in [4.69, 9.17) is 4.74 Å². The molecule has 0 spiro atoms. The van der Waals surface area contributed by atoms with E-state index < -0.39 is 0 Å². The summed E-state index contributed by atoms with van der Waals surface area (Å²) in [5.74, 6) is 0. The van der Waals surface area contributed by atoms with E-state index in [0.29, 0.717) is 12.1 Å². The van der Waals surface area contributed by atoms with Crippen molar-refractivity contribution in [1.29, 1.82) is 0 Å². The van der Waals surface area contributed by atoms with E-state index in [0.717, 1.165) is 0 Å². The molecule has 0 saturated carbocycles. The highest BCUT2D eigenvalue weighted by Crippen LogP contribution is 2.07. The zero-order valence-electron chi connectivity index (χ0n) is 8.89. The second-order valence-corrected chi connectivity index (χ2v) is 3.33. The van der Waals surface area contributed by atoms with Crippen LogP contribution in [0.5, 0.6) is 0 Å². The summed E-state index contributed by atoms with van der Waals surface area (Å²) < 4.78 is 5.27. The Bertz CT molecular complexity index is 95.8. The third-order valence-corrected chi connectivity index (χ3v) is 2.43. The summed E-state index contributed by atoms with van der Waals surface area (Å²) in [7, 11) is 3.78. The Morgan fingerprint density at radius 3 is 2.42 bits per heavy atom. The van der Waals surface area contributed by atoms with Crippen LogP contribution in [0.25, 0.3) is 0 Å². The largest absolute Gasteiger partial charge is 0.380 e. The van der Waals surface area contributed by atoms with Gasteiger partial charge >= 0.3 is 0 Å². The van der Waals surface area contributed by atoms with Gasteiger partial charge in [-0.1, -0.05) is 26.2 Å². The topological polar surface area (TPSA) is 21.3 Å². The lowest BCUT2D eigenvalue weighted by molar-refractivity contribution is 0.0818. The second-order valence-electron chi connectivity index (χ2n) is 3.33. The van der Waals surface area contributed by atoms with E-state index in [1.165, 1.54) is 25.7 Å². The van der Waals surface area contributed by atoms with Crippen molar-refractivity contribution in [3.63, 3.8) is 0 Å². The highest BCUT2D eigenvalue weighted by atomic mass is 16.5. The lowest BCUT2D eigenvalue weighted by Crippen LogP contribution is -2.36. The molecule has 0 amide bonds. The number of hydrogen-bond acceptors (Lipinski definition) is 2. The van der Waals surface area contributed by atoms with E-state index in [2.05, 4.69) is 19.2 Å². The Morgan fingerprint density at radius 1 is 1.33 bits per heavy atom. The third-order valence-electron chi connectivity index (χ3n) is 2.43. The van der Waals surface area contributed by atoms with E-state index in [9.17, 15) is 0 Å². The van der Waals surface area contributed by atoms with Gasteiger partial charge in [-0.15, -0.1) is 0 Å². The quantitative estimate of drug-likeness (QED) is 0.596. The maximum absolute atomic E-state index is 5.27. The normalized spacial score (nSPS) is 16.0. The molecule has 0 radical (unpaired) electrons. The van der Waals surface area contributed by atoms with Crippen molar-refractivity contribution in [3.05, 3.63) is 0 Å². The van der Waals surface area contributed by atoms with E-state index in [-0.39, 0.29) is 0 Å². The minimum atomic E-state index is 0.326. The molecule has 0 aliphatic carbocycles. The van der Waals surface area contributed by atoms with Crippen LogP contribution in [0.1, 0.15) is 39.5 Å². The summed E-state index contributed by atoms with van der Waals surface area (Å²) in [6.45, 7) is 4.35. The maximum Gasteiger partial charge on any atom is 0.0696 e. The molecule has 2 unspecified atom stereocenters. The fourth-order valence-corrected chi connectivity index (χ4v) is 1.39. The number of nitrogens with one attached hydrogen (secondary N) is 1. The molecule has 0 bridgehead atoms. The van der Waals surface area contributed by atoms with Crippen LogP contribution in [0.15, 0.2) is 0 Å². The molecular weight excluding hydrogens is 150 g/mol. The molecule has 0 saturated heterocycles. The van der Waals surface area contributed by atoms with Crippen molar-refractivity contribution >= 4 is 0 Å². The molecular formula is C10H23NO. The predicted octanol–water partition coefficient (Wildman–Crippen LogP) is 2.19. The lowest BCUT2D eigenvalue weighted by Gasteiger charge is -2.21. The minimum Gasteiger partial charge on any atom is -0.380 e. The smallest absolute Gasteiger partial charge is 0.0696 e. The monoisotopic (exact) mass is 173 g/mol. The first-order valence-corrected chi connectivity index (χ1v) is 4.96. The van der Waals surface area contributed by atoms with Crippen LogP contribution >= 0.6 is 0 Å². The van der Waals surface area contributed by atoms with Crippen LogP contribution in [-0.2, 0) is 4.74 Å². The molecule has 12 heavy (non-hydrogen) atoms. The SMILES string of the molecule is CCCCCC(NC)C(C)OC. The molecule has 2 nitrogen and oxygen atoms in total. The third kappa shape index (κ3) is 4.73. The van der Waals surface area contributed by atoms with E-state index in [1.54, 1.807) is 7.11 Å². The summed E-state index contributed by atoms with van der Waals surface area (Å²) in [5.41, 5.74) is 0. The highest BCUT2D eigenvalue weighted by Gasteiger charge is 2.13. The Labute approximate surface area is 76.7 Å². The fraction of sp³-hybridized carbons (Fsp3) is 1.00. The molecule has 0 aromatic carbocycles. The van der Waals surface area contributed by atoms with Crippen molar-refractivity contribution in [3.8, 4) is 0 Å². The van der Waals surface area contributed by atoms with Crippen molar-refractivity contribution in [1.82, 2.24) is 5.32 Å². The highest BCUT2D eigenvalue weighted by molar-refractivity contribution is 4.71. The van der Waals surface area contributed by atoms with Gasteiger partial charge in [0.15, 0.2) is 0 Å². The van der Waals surface area contributed by atoms with Gasteiger partial charge in [0.2, 0.25) is 0 Å². The zero-order valence-corrected chi connectivity index (χ0v) is 8.89. The van der Waals surface area contributed by atoms with Gasteiger partial charge < -0.3 is 10.1 Å². The molecule has 0 aliphatic rings. The van der Waals surface area contributed by atoms with Crippen LogP contribution in [0.3, 0.4) is 0 Å². The Kier molecular flexibility index (Phi) is 7.51. The number of hydrogen-bond donors (Lipinski definition) is 1. The van der Waals surface area contributed by atoms with Gasteiger partial charge in [-0.25, -0.2) is 0 Å². The standard InChI is InChI=1S/C10H23NO/c1-5-6-7-8-10(11-3)9(2)12-4/h9-11H,5-8H2,1-4H3. The molecule has 0 fully saturated rings. The van der Waals surface area contributed by atoms with Gasteiger partial charge in [-0.2, -0.15) is 0 Å². The lowest BCUT2D eigenvalue weighted by atomic mass is 10.0. The summed E-state index contributed by atoms with van der Waals surface area (Å²) in [4.78, 5) is 0. The number of rotatable bonds is 7. The molecule has 2 atom stereocenters. The maximum atomic E-state index is 5.27. The van der Waals surface area contributed by atoms with Crippen LogP contribution in [0.2, 0.25) is 0 Å². The predicted molar refractivity (Wildman–Crippen MR) is 53.5 cm³/mol. The minimum absolute atomic E-state index is 0.326. The molecule has 0 aliphatic heterocycles. The first-order valence-electron chi connectivity index (χ1n) is 4.96. The van der Waals surface area contributed by atoms with Gasteiger partial charge in [-0.3, -0.25) is 0 Å². The summed E-state index contributed by atoms with van der Waals surface area (Å²) in [5, 5.41) is 3.29. The van der Waals surface area contributed by atoms with E-state index in [1.807, 2.05) is 7.05 Å². The van der Waals surface area contributed by atoms with Crippen molar-refractivity contribution < 1.29 is 4.74 Å². The number of ether oxygens (including phenoxy) is 1. The average molecular weight is 173 g/mol. The van der Waals surface area contributed by atoms with Gasteiger partial charge in [0.05, 0.1) is 6.10 Å². The van der Waals surface area contributed by atoms with Crippen LogP contribution in [0.4, 0.5) is 0 Å². The zero-order chi connectivity index (χ0) is 9.40. The van der Waals surface area contributed by atoms with Crippen LogP contribution in [0, 0.1) is 0 Å². The van der Waals surface area contributed by atoms with Crippen LogP contribution < -0.4 is 5.32 Å². The molecule has 0 aromatic heterocycles. The van der Waals surface area contributed by atoms with Crippen molar-refractivity contribution in [2.24, 2.45) is 0 Å². The Hall–Kier alpha value is -0.0800. The number of likely N-dealkylation sites (N-methyl/N-ethyl adjacent to an activating group) is 1. The average Bonchev–Trinajstić information content (AvgIpc) is 2.11. The Morgan fingerprint density at radius 2 is 2.00 bits per heavy atom. The molecule has 1 N–H and O–H groups in total. The van der Waals surface area contributed by atoms with Gasteiger partial charge in [-0.05, 0) is 20.4 Å². The van der Waals surface area contributed by atoms with Crippen molar-refractivity contribution in [2.45, 2.75) is 51.7 Å². The first-order chi connectivity index (χ1) is 5.76. The second kappa shape index (κ2) is 7.56. The molecule has 74 valence electrons. The Balaban J connectivity index is 3.52. The number of unbranched alkanes of at least 4 members (excludes halogenated alkanes) is 2. The summed E-state index contributed by atoms with van der Waals surface area (Å²) in [6, 6.07) is 0.515. The molecule has 2 heteroatoms. The van der Waals surface area contributed by atoms with Gasteiger partial charge in [0.1, 0.15) is 0 Å². The summed E-state index contributed by atoms with van der Waals surface area (Å²) in [6.07, 6.45) is 5.47. The fourth-order valence-electron chi connectivity index (χ4n) is 1.39. The molecule has 0 rings (SSSR count). The number of methoxy groups -OCH3 is 1. The van der Waals surface area contributed by atoms with E-state index >= 15 is 0 Å².